The number of nitriles is 1. The number of hydrogen-bond acceptors (Lipinski definition) is 3. The number of nitrogens with one attached hydrogen (secondary N) is 1. The highest BCUT2D eigenvalue weighted by Gasteiger charge is 2.21. The summed E-state index contributed by atoms with van der Waals surface area (Å²) in [6.45, 7) is 5.82. The Labute approximate surface area is 103 Å². The number of nitrogens with zero attached hydrogens (tertiary/aromatic N) is 2. The standard InChI is InChI=1S/C14H19N3/c1-12-4-2-3-5-13(12)10-17-9-6-14(11-17)16-8-7-15/h2-5,14,16H,6,8-11H2,1H3. The molecule has 0 amide bonds. The van der Waals surface area contributed by atoms with Crippen LogP contribution in [0.3, 0.4) is 0 Å². The van der Waals surface area contributed by atoms with Crippen molar-refractivity contribution in [3.05, 3.63) is 35.4 Å². The Kier molecular flexibility index (Phi) is 4.13. The molecule has 0 radical (unpaired) electrons. The van der Waals surface area contributed by atoms with Gasteiger partial charge in [0, 0.05) is 25.7 Å². The molecule has 1 fully saturated rings. The number of aryl methyl sites for hydroxylation is 1. The lowest BCUT2D eigenvalue weighted by molar-refractivity contribution is 0.321. The van der Waals surface area contributed by atoms with E-state index in [4.69, 9.17) is 5.26 Å². The lowest BCUT2D eigenvalue weighted by atomic mass is 10.1. The monoisotopic (exact) mass is 229 g/mol. The molecule has 3 heteroatoms. The van der Waals surface area contributed by atoms with Crippen molar-refractivity contribution >= 4 is 0 Å². The number of hydrogen-bond donors (Lipinski definition) is 1. The highest BCUT2D eigenvalue weighted by atomic mass is 15.2. The van der Waals surface area contributed by atoms with E-state index < -0.39 is 0 Å². The Morgan fingerprint density at radius 2 is 2.29 bits per heavy atom. The van der Waals surface area contributed by atoms with Crippen molar-refractivity contribution in [2.45, 2.75) is 25.9 Å². The molecule has 90 valence electrons. The third-order valence-corrected chi connectivity index (χ3v) is 3.40. The van der Waals surface area contributed by atoms with Gasteiger partial charge < -0.3 is 5.32 Å². The number of rotatable bonds is 4. The average Bonchev–Trinajstić information content (AvgIpc) is 2.77. The fourth-order valence-electron chi connectivity index (χ4n) is 2.36. The maximum Gasteiger partial charge on any atom is 0.0843 e. The van der Waals surface area contributed by atoms with E-state index in [1.807, 2.05) is 0 Å². The average molecular weight is 229 g/mol. The summed E-state index contributed by atoms with van der Waals surface area (Å²) >= 11 is 0. The molecule has 1 saturated heterocycles. The van der Waals surface area contributed by atoms with Crippen molar-refractivity contribution < 1.29 is 0 Å². The van der Waals surface area contributed by atoms with Crippen LogP contribution >= 0.6 is 0 Å². The van der Waals surface area contributed by atoms with Crippen molar-refractivity contribution in [3.63, 3.8) is 0 Å². The van der Waals surface area contributed by atoms with Crippen LogP contribution in [0.1, 0.15) is 17.5 Å². The lowest BCUT2D eigenvalue weighted by Gasteiger charge is -2.17. The Morgan fingerprint density at radius 3 is 3.06 bits per heavy atom. The summed E-state index contributed by atoms with van der Waals surface area (Å²) in [6, 6.07) is 11.2. The first kappa shape index (κ1) is 12.1. The normalized spacial score (nSPS) is 20.4. The van der Waals surface area contributed by atoms with Gasteiger partial charge in [-0.1, -0.05) is 24.3 Å². The van der Waals surface area contributed by atoms with E-state index in [9.17, 15) is 0 Å². The predicted octanol–water partition coefficient (Wildman–Crippen LogP) is 1.68. The first-order chi connectivity index (χ1) is 8.29. The zero-order valence-electron chi connectivity index (χ0n) is 10.3. The molecule has 1 atom stereocenters. The number of likely N-dealkylation sites (tertiary alicyclic amines) is 1. The molecular weight excluding hydrogens is 210 g/mol. The van der Waals surface area contributed by atoms with Gasteiger partial charge in [0.1, 0.15) is 0 Å². The molecule has 0 aromatic heterocycles. The topological polar surface area (TPSA) is 39.1 Å². The Morgan fingerprint density at radius 1 is 1.47 bits per heavy atom. The van der Waals surface area contributed by atoms with E-state index in [1.165, 1.54) is 11.1 Å². The minimum absolute atomic E-state index is 0.461. The van der Waals surface area contributed by atoms with Gasteiger partial charge in [0.2, 0.25) is 0 Å². The molecule has 0 saturated carbocycles. The van der Waals surface area contributed by atoms with Gasteiger partial charge in [-0.2, -0.15) is 5.26 Å². The second-order valence-electron chi connectivity index (χ2n) is 4.69. The molecule has 1 aromatic carbocycles. The van der Waals surface area contributed by atoms with Gasteiger partial charge in [-0.25, -0.2) is 0 Å². The molecule has 1 unspecified atom stereocenters. The summed E-state index contributed by atoms with van der Waals surface area (Å²) in [4.78, 5) is 2.46. The quantitative estimate of drug-likeness (QED) is 0.798. The van der Waals surface area contributed by atoms with Crippen molar-refractivity contribution in [2.75, 3.05) is 19.6 Å². The van der Waals surface area contributed by atoms with Crippen LogP contribution in [0.4, 0.5) is 0 Å². The summed E-state index contributed by atoms with van der Waals surface area (Å²) in [5.74, 6) is 0. The Hall–Kier alpha value is -1.37. The van der Waals surface area contributed by atoms with Gasteiger partial charge in [0.15, 0.2) is 0 Å². The van der Waals surface area contributed by atoms with Gasteiger partial charge in [0.05, 0.1) is 12.6 Å². The summed E-state index contributed by atoms with van der Waals surface area (Å²) in [7, 11) is 0. The largest absolute Gasteiger partial charge is 0.300 e. The zero-order chi connectivity index (χ0) is 12.1. The Bertz CT molecular complexity index is 408. The second kappa shape index (κ2) is 5.81. The minimum atomic E-state index is 0.461. The van der Waals surface area contributed by atoms with Crippen molar-refractivity contribution in [2.24, 2.45) is 0 Å². The molecule has 3 nitrogen and oxygen atoms in total. The maximum atomic E-state index is 8.54. The van der Waals surface area contributed by atoms with Crippen LogP contribution < -0.4 is 5.32 Å². The van der Waals surface area contributed by atoms with E-state index in [0.717, 1.165) is 26.1 Å². The molecule has 2 rings (SSSR count). The van der Waals surface area contributed by atoms with E-state index in [0.29, 0.717) is 12.6 Å². The van der Waals surface area contributed by atoms with Crippen molar-refractivity contribution in [3.8, 4) is 6.07 Å². The molecule has 0 aliphatic carbocycles. The van der Waals surface area contributed by atoms with Crippen LogP contribution in [0.5, 0.6) is 0 Å². The van der Waals surface area contributed by atoms with E-state index >= 15 is 0 Å². The van der Waals surface area contributed by atoms with E-state index in [1.54, 1.807) is 0 Å². The van der Waals surface area contributed by atoms with Crippen LogP contribution in [0.25, 0.3) is 0 Å². The van der Waals surface area contributed by atoms with Gasteiger partial charge in [-0.05, 0) is 24.5 Å². The van der Waals surface area contributed by atoms with Crippen LogP contribution in [0.2, 0.25) is 0 Å². The highest BCUT2D eigenvalue weighted by Crippen LogP contribution is 2.15. The predicted molar refractivity (Wildman–Crippen MR) is 68.5 cm³/mol. The van der Waals surface area contributed by atoms with Gasteiger partial charge >= 0.3 is 0 Å². The van der Waals surface area contributed by atoms with Crippen LogP contribution in [0.15, 0.2) is 24.3 Å². The summed E-state index contributed by atoms with van der Waals surface area (Å²) < 4.78 is 0. The minimum Gasteiger partial charge on any atom is -0.300 e. The molecule has 0 bridgehead atoms. The second-order valence-corrected chi connectivity index (χ2v) is 4.69. The third-order valence-electron chi connectivity index (χ3n) is 3.40. The fourth-order valence-corrected chi connectivity index (χ4v) is 2.36. The van der Waals surface area contributed by atoms with Crippen LogP contribution in [0, 0.1) is 18.3 Å². The molecule has 1 heterocycles. The highest BCUT2D eigenvalue weighted by molar-refractivity contribution is 5.25. The molecule has 17 heavy (non-hydrogen) atoms. The first-order valence-electron chi connectivity index (χ1n) is 6.17. The van der Waals surface area contributed by atoms with Gasteiger partial charge in [0.25, 0.3) is 0 Å². The summed E-state index contributed by atoms with van der Waals surface area (Å²) in [6.07, 6.45) is 1.15. The van der Waals surface area contributed by atoms with Crippen LogP contribution in [-0.2, 0) is 6.54 Å². The van der Waals surface area contributed by atoms with Crippen molar-refractivity contribution in [1.29, 1.82) is 5.26 Å². The van der Waals surface area contributed by atoms with E-state index in [2.05, 4.69) is 47.5 Å². The molecule has 1 aliphatic rings. The van der Waals surface area contributed by atoms with Gasteiger partial charge in [-0.3, -0.25) is 4.90 Å². The van der Waals surface area contributed by atoms with Crippen molar-refractivity contribution in [1.82, 2.24) is 10.2 Å². The molecular formula is C14H19N3. The molecule has 1 N–H and O–H groups in total. The fraction of sp³-hybridized carbons (Fsp3) is 0.500. The number of benzene rings is 1. The summed E-state index contributed by atoms with van der Waals surface area (Å²) in [5, 5.41) is 11.8. The third kappa shape index (κ3) is 3.29. The smallest absolute Gasteiger partial charge is 0.0843 e. The maximum absolute atomic E-state index is 8.54. The van der Waals surface area contributed by atoms with Gasteiger partial charge in [-0.15, -0.1) is 0 Å². The van der Waals surface area contributed by atoms with E-state index in [-0.39, 0.29) is 0 Å². The molecule has 1 aromatic rings. The SMILES string of the molecule is Cc1ccccc1CN1CCC(NCC#N)C1. The molecule has 1 aliphatic heterocycles. The molecule has 0 spiro atoms. The zero-order valence-corrected chi connectivity index (χ0v) is 10.3. The Balaban J connectivity index is 1.86. The lowest BCUT2D eigenvalue weighted by Crippen LogP contribution is -2.32. The first-order valence-corrected chi connectivity index (χ1v) is 6.17. The van der Waals surface area contributed by atoms with Crippen LogP contribution in [-0.4, -0.2) is 30.6 Å². The summed E-state index contributed by atoms with van der Waals surface area (Å²) in [5.41, 5.74) is 2.77.